The second-order valence-electron chi connectivity index (χ2n) is 8.91. The number of fused-ring (bicyclic) bond motifs is 5. The van der Waals surface area contributed by atoms with Crippen LogP contribution in [-0.4, -0.2) is 24.0 Å². The Morgan fingerprint density at radius 2 is 1.91 bits per heavy atom. The van der Waals surface area contributed by atoms with Crippen molar-refractivity contribution < 1.29 is 9.94 Å². The molecule has 1 unspecified atom stereocenters. The fourth-order valence-electron chi connectivity index (χ4n) is 6.73. The van der Waals surface area contributed by atoms with Crippen molar-refractivity contribution in [2.75, 3.05) is 7.11 Å². The summed E-state index contributed by atoms with van der Waals surface area (Å²) >= 11 is 0. The van der Waals surface area contributed by atoms with Gasteiger partial charge in [0.1, 0.15) is 7.11 Å². The van der Waals surface area contributed by atoms with Crippen molar-refractivity contribution in [3.05, 3.63) is 11.6 Å². The molecular weight excluding hydrogens is 286 g/mol. The summed E-state index contributed by atoms with van der Waals surface area (Å²) in [6.07, 6.45) is 11.8. The van der Waals surface area contributed by atoms with Crippen LogP contribution in [0, 0.1) is 28.6 Å². The zero-order valence-corrected chi connectivity index (χ0v) is 14.8. The fourth-order valence-corrected chi connectivity index (χ4v) is 6.73. The molecule has 0 aromatic rings. The van der Waals surface area contributed by atoms with E-state index in [1.165, 1.54) is 38.5 Å². The van der Waals surface area contributed by atoms with Gasteiger partial charge in [0, 0.05) is 0 Å². The fraction of sp³-hybridized carbons (Fsp3) is 0.850. The standard InChI is InChI=1S/C20H31NO2/c1-19-10-8-14(21-23-3)12-13(19)4-5-15-16-6-7-18(22)20(16,2)11-9-17(15)19/h12,15-18,22H,4-11H2,1-3H3/b21-14+/t15-,16-,17-,18?,19-,20-/m0/s1. The number of aliphatic hydroxyl groups excluding tert-OH is 1. The van der Waals surface area contributed by atoms with Gasteiger partial charge in [0.2, 0.25) is 0 Å². The highest BCUT2D eigenvalue weighted by atomic mass is 16.6. The highest BCUT2D eigenvalue weighted by Crippen LogP contribution is 2.65. The molecule has 4 aliphatic rings. The van der Waals surface area contributed by atoms with Gasteiger partial charge in [-0.25, -0.2) is 0 Å². The molecule has 4 rings (SSSR count). The maximum atomic E-state index is 10.5. The smallest absolute Gasteiger partial charge is 0.106 e. The average molecular weight is 317 g/mol. The lowest BCUT2D eigenvalue weighted by atomic mass is 9.47. The highest BCUT2D eigenvalue weighted by molar-refractivity contribution is 5.96. The molecule has 0 spiro atoms. The quantitative estimate of drug-likeness (QED) is 0.732. The molecule has 0 saturated heterocycles. The van der Waals surface area contributed by atoms with E-state index >= 15 is 0 Å². The molecule has 0 aromatic carbocycles. The van der Waals surface area contributed by atoms with E-state index in [2.05, 4.69) is 25.1 Å². The minimum Gasteiger partial charge on any atom is -0.399 e. The summed E-state index contributed by atoms with van der Waals surface area (Å²) in [5.41, 5.74) is 3.28. The van der Waals surface area contributed by atoms with Crippen LogP contribution in [0.5, 0.6) is 0 Å². The third kappa shape index (κ3) is 2.15. The van der Waals surface area contributed by atoms with Crippen molar-refractivity contribution >= 4 is 5.71 Å². The lowest BCUT2D eigenvalue weighted by molar-refractivity contribution is -0.0722. The monoisotopic (exact) mass is 317 g/mol. The molecule has 0 aliphatic heterocycles. The summed E-state index contributed by atoms with van der Waals surface area (Å²) in [4.78, 5) is 5.00. The van der Waals surface area contributed by atoms with Crippen LogP contribution in [0.1, 0.15) is 65.2 Å². The van der Waals surface area contributed by atoms with E-state index in [-0.39, 0.29) is 11.5 Å². The van der Waals surface area contributed by atoms with E-state index in [1.54, 1.807) is 12.7 Å². The molecule has 1 N–H and O–H groups in total. The van der Waals surface area contributed by atoms with E-state index in [9.17, 15) is 5.11 Å². The molecule has 0 bridgehead atoms. The molecule has 3 saturated carbocycles. The van der Waals surface area contributed by atoms with Crippen LogP contribution in [-0.2, 0) is 4.84 Å². The third-order valence-corrected chi connectivity index (χ3v) is 8.14. The zero-order valence-electron chi connectivity index (χ0n) is 14.8. The molecule has 3 nitrogen and oxygen atoms in total. The van der Waals surface area contributed by atoms with Crippen LogP contribution in [0.3, 0.4) is 0 Å². The molecule has 0 amide bonds. The van der Waals surface area contributed by atoms with Gasteiger partial charge in [-0.15, -0.1) is 0 Å². The number of hydrogen-bond donors (Lipinski definition) is 1. The summed E-state index contributed by atoms with van der Waals surface area (Å²) in [5.74, 6) is 2.35. The Bertz CT molecular complexity index is 554. The van der Waals surface area contributed by atoms with Crippen molar-refractivity contribution in [3.63, 3.8) is 0 Å². The zero-order chi connectivity index (χ0) is 16.2. The Labute approximate surface area is 140 Å². The Morgan fingerprint density at radius 1 is 1.09 bits per heavy atom. The third-order valence-electron chi connectivity index (χ3n) is 8.14. The molecule has 3 heteroatoms. The lowest BCUT2D eigenvalue weighted by Crippen LogP contribution is -2.51. The highest BCUT2D eigenvalue weighted by Gasteiger charge is 2.58. The van der Waals surface area contributed by atoms with E-state index in [4.69, 9.17) is 4.84 Å². The summed E-state index contributed by atoms with van der Waals surface area (Å²) in [6.45, 7) is 4.87. The molecule has 0 heterocycles. The van der Waals surface area contributed by atoms with Gasteiger partial charge in [0.25, 0.3) is 0 Å². The second-order valence-corrected chi connectivity index (χ2v) is 8.91. The largest absolute Gasteiger partial charge is 0.399 e. The number of oxime groups is 1. The SMILES string of the molecule is CO/N=C1/C=C2CC[C@@H]3[C@H](CC[C@]4(C)C(O)CC[C@@H]34)[C@@]2(C)CC1. The van der Waals surface area contributed by atoms with E-state index in [1.807, 2.05) is 0 Å². The van der Waals surface area contributed by atoms with Crippen LogP contribution >= 0.6 is 0 Å². The first-order valence-corrected chi connectivity index (χ1v) is 9.48. The lowest BCUT2D eigenvalue weighted by Gasteiger charge is -2.57. The molecule has 23 heavy (non-hydrogen) atoms. The number of nitrogens with zero attached hydrogens (tertiary/aromatic N) is 1. The van der Waals surface area contributed by atoms with Gasteiger partial charge in [-0.05, 0) is 86.0 Å². The van der Waals surface area contributed by atoms with Crippen molar-refractivity contribution in [1.82, 2.24) is 0 Å². The number of aliphatic hydroxyl groups is 1. The van der Waals surface area contributed by atoms with Crippen molar-refractivity contribution in [3.8, 4) is 0 Å². The van der Waals surface area contributed by atoms with Gasteiger partial charge in [-0.1, -0.05) is 24.6 Å². The first kappa shape index (κ1) is 15.7. The van der Waals surface area contributed by atoms with E-state index in [0.717, 1.165) is 36.3 Å². The van der Waals surface area contributed by atoms with Gasteiger partial charge in [0.15, 0.2) is 0 Å². The molecular formula is C20H31NO2. The number of allylic oxidation sites excluding steroid dienone is 2. The van der Waals surface area contributed by atoms with Crippen molar-refractivity contribution in [1.29, 1.82) is 0 Å². The van der Waals surface area contributed by atoms with Gasteiger partial charge < -0.3 is 9.94 Å². The maximum absolute atomic E-state index is 10.5. The predicted molar refractivity (Wildman–Crippen MR) is 92.2 cm³/mol. The summed E-state index contributed by atoms with van der Waals surface area (Å²) in [6, 6.07) is 0. The summed E-state index contributed by atoms with van der Waals surface area (Å²) < 4.78 is 0. The van der Waals surface area contributed by atoms with E-state index in [0.29, 0.717) is 5.41 Å². The van der Waals surface area contributed by atoms with Gasteiger partial charge in [-0.2, -0.15) is 0 Å². The van der Waals surface area contributed by atoms with Crippen LogP contribution in [0.2, 0.25) is 0 Å². The van der Waals surface area contributed by atoms with Gasteiger partial charge in [-0.3, -0.25) is 0 Å². The Balaban J connectivity index is 1.65. The molecule has 0 radical (unpaired) electrons. The first-order chi connectivity index (χ1) is 11.0. The first-order valence-electron chi connectivity index (χ1n) is 9.48. The Morgan fingerprint density at radius 3 is 2.70 bits per heavy atom. The summed E-state index contributed by atoms with van der Waals surface area (Å²) in [5, 5.41) is 14.7. The maximum Gasteiger partial charge on any atom is 0.106 e. The summed E-state index contributed by atoms with van der Waals surface area (Å²) in [7, 11) is 1.64. The van der Waals surface area contributed by atoms with Crippen LogP contribution in [0.15, 0.2) is 16.8 Å². The number of rotatable bonds is 1. The Kier molecular flexibility index (Phi) is 3.64. The van der Waals surface area contributed by atoms with Crippen LogP contribution in [0.25, 0.3) is 0 Å². The van der Waals surface area contributed by atoms with E-state index < -0.39 is 0 Å². The molecule has 0 aromatic heterocycles. The van der Waals surface area contributed by atoms with Crippen LogP contribution < -0.4 is 0 Å². The average Bonchev–Trinajstić information content (AvgIpc) is 2.84. The normalized spacial score (nSPS) is 50.8. The molecule has 4 aliphatic carbocycles. The predicted octanol–water partition coefficient (Wildman–Crippen LogP) is 4.31. The van der Waals surface area contributed by atoms with Gasteiger partial charge in [0.05, 0.1) is 11.8 Å². The van der Waals surface area contributed by atoms with Crippen molar-refractivity contribution in [2.45, 2.75) is 71.3 Å². The Hall–Kier alpha value is -0.830. The molecule has 128 valence electrons. The second kappa shape index (κ2) is 5.34. The minimum absolute atomic E-state index is 0.0648. The minimum atomic E-state index is -0.0648. The van der Waals surface area contributed by atoms with Crippen molar-refractivity contribution in [2.24, 2.45) is 33.7 Å². The number of hydrogen-bond acceptors (Lipinski definition) is 3. The molecule has 3 fully saturated rings. The van der Waals surface area contributed by atoms with Gasteiger partial charge >= 0.3 is 0 Å². The van der Waals surface area contributed by atoms with Crippen LogP contribution in [0.4, 0.5) is 0 Å². The molecule has 6 atom stereocenters. The topological polar surface area (TPSA) is 41.8 Å².